The maximum atomic E-state index is 12.4. The molecule has 8 nitrogen and oxygen atoms in total. The van der Waals surface area contributed by atoms with Crippen LogP contribution in [0.5, 0.6) is 11.5 Å². The summed E-state index contributed by atoms with van der Waals surface area (Å²) in [5.41, 5.74) is 1.71. The summed E-state index contributed by atoms with van der Waals surface area (Å²) in [6.07, 6.45) is 8.18. The van der Waals surface area contributed by atoms with Gasteiger partial charge in [-0.25, -0.2) is 9.59 Å². The van der Waals surface area contributed by atoms with Crippen LogP contribution in [0.3, 0.4) is 0 Å². The lowest BCUT2D eigenvalue weighted by Crippen LogP contribution is -2.35. The second-order valence-electron chi connectivity index (χ2n) is 9.76. The average molecular weight is 551 g/mol. The van der Waals surface area contributed by atoms with E-state index >= 15 is 0 Å². The van der Waals surface area contributed by atoms with Crippen LogP contribution in [0.1, 0.15) is 50.7 Å². The number of carbonyl (C=O) groups is 2. The van der Waals surface area contributed by atoms with Crippen LogP contribution in [0.4, 0.5) is 0 Å². The summed E-state index contributed by atoms with van der Waals surface area (Å²) in [4.78, 5) is 24.8. The van der Waals surface area contributed by atoms with Gasteiger partial charge in [-0.2, -0.15) is 0 Å². The summed E-state index contributed by atoms with van der Waals surface area (Å²) in [5, 5.41) is 0. The van der Waals surface area contributed by atoms with Crippen LogP contribution >= 0.6 is 0 Å². The number of unbranched alkanes of at least 4 members (excludes halogenated alkanes) is 2. The summed E-state index contributed by atoms with van der Waals surface area (Å²) < 4.78 is 34.0. The third-order valence-electron chi connectivity index (χ3n) is 6.61. The number of ether oxygens (including phenoxy) is 6. The van der Waals surface area contributed by atoms with E-state index < -0.39 is 36.4 Å². The van der Waals surface area contributed by atoms with Gasteiger partial charge in [0.1, 0.15) is 23.7 Å². The molecule has 2 saturated heterocycles. The quantitative estimate of drug-likeness (QED) is 0.176. The molecule has 2 aliphatic heterocycles. The lowest BCUT2D eigenvalue weighted by Gasteiger charge is -2.16. The predicted molar refractivity (Wildman–Crippen MR) is 151 cm³/mol. The van der Waals surface area contributed by atoms with Crippen LogP contribution < -0.4 is 9.47 Å². The van der Waals surface area contributed by atoms with Gasteiger partial charge >= 0.3 is 11.9 Å². The van der Waals surface area contributed by atoms with Gasteiger partial charge in [0.15, 0.2) is 12.2 Å². The molecule has 0 amide bonds. The number of rotatable bonds is 14. The third kappa shape index (κ3) is 8.69. The molecule has 40 heavy (non-hydrogen) atoms. The minimum atomic E-state index is -0.575. The van der Waals surface area contributed by atoms with E-state index in [4.69, 9.17) is 28.4 Å². The molecule has 0 unspecified atom stereocenters. The Balaban J connectivity index is 1.20. The van der Waals surface area contributed by atoms with Gasteiger partial charge in [0.05, 0.1) is 26.4 Å². The van der Waals surface area contributed by atoms with E-state index in [-0.39, 0.29) is 13.2 Å². The Kier molecular flexibility index (Phi) is 11.2. The first kappa shape index (κ1) is 29.4. The molecule has 0 saturated carbocycles. The second-order valence-corrected chi connectivity index (χ2v) is 9.76. The first-order valence-electron chi connectivity index (χ1n) is 14.0. The fourth-order valence-corrected chi connectivity index (χ4v) is 4.36. The Labute approximate surface area is 235 Å². The molecule has 0 bridgehead atoms. The van der Waals surface area contributed by atoms with E-state index in [2.05, 4.69) is 13.8 Å². The minimum Gasteiger partial charge on any atom is -0.494 e. The highest BCUT2D eigenvalue weighted by Gasteiger charge is 2.51. The van der Waals surface area contributed by atoms with Crippen LogP contribution in [0.25, 0.3) is 12.2 Å². The van der Waals surface area contributed by atoms with E-state index in [1.165, 1.54) is 12.2 Å². The zero-order valence-corrected chi connectivity index (χ0v) is 23.2. The summed E-state index contributed by atoms with van der Waals surface area (Å²) in [6, 6.07) is 15.0. The molecule has 2 fully saturated rings. The van der Waals surface area contributed by atoms with Crippen molar-refractivity contribution in [2.24, 2.45) is 0 Å². The van der Waals surface area contributed by atoms with Gasteiger partial charge in [-0.1, -0.05) is 51.0 Å². The maximum Gasteiger partial charge on any atom is 0.331 e. The van der Waals surface area contributed by atoms with Crippen molar-refractivity contribution in [3.63, 3.8) is 0 Å². The lowest BCUT2D eigenvalue weighted by atomic mass is 10.1. The monoisotopic (exact) mass is 550 g/mol. The molecule has 0 spiro atoms. The van der Waals surface area contributed by atoms with Gasteiger partial charge in [0.2, 0.25) is 0 Å². The molecule has 2 aromatic rings. The van der Waals surface area contributed by atoms with Gasteiger partial charge in [-0.3, -0.25) is 0 Å². The van der Waals surface area contributed by atoms with Gasteiger partial charge in [0.25, 0.3) is 0 Å². The Bertz CT molecular complexity index is 1050. The Morgan fingerprint density at radius 3 is 1.48 bits per heavy atom. The molecular formula is C32H38O8. The second kappa shape index (κ2) is 15.2. The van der Waals surface area contributed by atoms with E-state index in [1.54, 1.807) is 12.2 Å². The van der Waals surface area contributed by atoms with Crippen molar-refractivity contribution in [2.75, 3.05) is 26.4 Å². The average Bonchev–Trinajstić information content (AvgIpc) is 3.55. The molecule has 4 rings (SSSR count). The number of hydrogen-bond acceptors (Lipinski definition) is 8. The van der Waals surface area contributed by atoms with Crippen molar-refractivity contribution in [2.45, 2.75) is 63.9 Å². The first-order chi connectivity index (χ1) is 19.6. The van der Waals surface area contributed by atoms with E-state index in [1.807, 2.05) is 48.5 Å². The number of hydrogen-bond donors (Lipinski definition) is 0. The Morgan fingerprint density at radius 2 is 1.10 bits per heavy atom. The lowest BCUT2D eigenvalue weighted by molar-refractivity contribution is -0.149. The molecule has 0 aliphatic carbocycles. The van der Waals surface area contributed by atoms with Crippen LogP contribution in [-0.2, 0) is 28.5 Å². The zero-order valence-electron chi connectivity index (χ0n) is 23.2. The Hall–Kier alpha value is -3.62. The minimum absolute atomic E-state index is 0.176. The largest absolute Gasteiger partial charge is 0.494 e. The van der Waals surface area contributed by atoms with Crippen molar-refractivity contribution in [1.29, 1.82) is 0 Å². The number of benzene rings is 2. The van der Waals surface area contributed by atoms with Crippen molar-refractivity contribution in [1.82, 2.24) is 0 Å². The Morgan fingerprint density at radius 1 is 0.700 bits per heavy atom. The van der Waals surface area contributed by atoms with Crippen molar-refractivity contribution >= 4 is 24.1 Å². The fourth-order valence-electron chi connectivity index (χ4n) is 4.36. The van der Waals surface area contributed by atoms with Gasteiger partial charge in [-0.05, 0) is 60.4 Å². The summed E-state index contributed by atoms with van der Waals surface area (Å²) >= 11 is 0. The fraction of sp³-hybridized carbons (Fsp3) is 0.438. The SMILES string of the molecule is CCCCOc1ccc(/C=C/C(=O)O[C@H]2CO[C@@H]3[C@H]2OC[C@H]3OC(=O)/C=C/c2ccc(OCCCC)cc2)cc1. The summed E-state index contributed by atoms with van der Waals surface area (Å²) in [7, 11) is 0. The number of carbonyl (C=O) groups excluding carboxylic acids is 2. The highest BCUT2D eigenvalue weighted by molar-refractivity contribution is 5.87. The molecule has 2 aromatic carbocycles. The molecule has 4 atom stereocenters. The molecule has 214 valence electrons. The highest BCUT2D eigenvalue weighted by atomic mass is 16.7. The summed E-state index contributed by atoms with van der Waals surface area (Å²) in [6.45, 7) is 5.96. The molecule has 2 heterocycles. The zero-order chi connectivity index (χ0) is 28.2. The van der Waals surface area contributed by atoms with E-state index in [0.717, 1.165) is 48.3 Å². The molecule has 2 aliphatic rings. The standard InChI is InChI=1S/C32H38O8/c1-3-5-19-35-25-13-7-23(8-14-25)11-17-29(33)39-27-21-37-32-28(22-38-31(27)32)40-30(34)18-12-24-9-15-26(16-10-24)36-20-6-4-2/h7-18,27-28,31-32H,3-6,19-22H2,1-2H3/b17-11+,18-12+/t27-,28+,31-,32-/m0/s1. The maximum absolute atomic E-state index is 12.4. The predicted octanol–water partition coefficient (Wildman–Crippen LogP) is 5.39. The van der Waals surface area contributed by atoms with Crippen molar-refractivity contribution < 1.29 is 38.0 Å². The van der Waals surface area contributed by atoms with Crippen LogP contribution in [0, 0.1) is 0 Å². The normalized spacial score (nSPS) is 21.9. The van der Waals surface area contributed by atoms with E-state index in [0.29, 0.717) is 13.2 Å². The van der Waals surface area contributed by atoms with Crippen LogP contribution in [-0.4, -0.2) is 62.8 Å². The van der Waals surface area contributed by atoms with Gasteiger partial charge in [-0.15, -0.1) is 0 Å². The molecular weight excluding hydrogens is 512 g/mol. The van der Waals surface area contributed by atoms with Crippen molar-refractivity contribution in [3.8, 4) is 11.5 Å². The van der Waals surface area contributed by atoms with Crippen molar-refractivity contribution in [3.05, 3.63) is 71.8 Å². The van der Waals surface area contributed by atoms with Crippen LogP contribution in [0.15, 0.2) is 60.7 Å². The molecule has 8 heteroatoms. The van der Waals surface area contributed by atoms with Gasteiger partial charge in [0, 0.05) is 12.2 Å². The molecule has 0 aromatic heterocycles. The van der Waals surface area contributed by atoms with E-state index in [9.17, 15) is 9.59 Å². The molecule has 0 N–H and O–H groups in total. The van der Waals surface area contributed by atoms with Gasteiger partial charge < -0.3 is 28.4 Å². The third-order valence-corrected chi connectivity index (χ3v) is 6.61. The molecule has 0 radical (unpaired) electrons. The smallest absolute Gasteiger partial charge is 0.331 e. The highest BCUT2D eigenvalue weighted by Crippen LogP contribution is 2.31. The number of fused-ring (bicyclic) bond motifs is 1. The first-order valence-corrected chi connectivity index (χ1v) is 14.0. The topological polar surface area (TPSA) is 89.5 Å². The number of esters is 2. The summed E-state index contributed by atoms with van der Waals surface area (Å²) in [5.74, 6) is 0.610. The van der Waals surface area contributed by atoms with Crippen LogP contribution in [0.2, 0.25) is 0 Å².